The van der Waals surface area contributed by atoms with Crippen molar-refractivity contribution in [1.82, 2.24) is 0 Å². The molecule has 5 heteroatoms. The summed E-state index contributed by atoms with van der Waals surface area (Å²) in [6.45, 7) is 4.04. The van der Waals surface area contributed by atoms with Crippen molar-refractivity contribution in [3.8, 4) is 23.0 Å². The summed E-state index contributed by atoms with van der Waals surface area (Å²) >= 11 is 0. The van der Waals surface area contributed by atoms with Crippen molar-refractivity contribution in [2.45, 2.75) is 26.1 Å². The Morgan fingerprint density at radius 3 is 2.07 bits per heavy atom. The van der Waals surface area contributed by atoms with E-state index >= 15 is 0 Å². The molecule has 0 saturated carbocycles. The third-order valence-electron chi connectivity index (χ3n) is 4.51. The first-order valence-electron chi connectivity index (χ1n) is 9.01. The highest BCUT2D eigenvalue weighted by Crippen LogP contribution is 2.39. The lowest BCUT2D eigenvalue weighted by atomic mass is 10.0. The number of hydrogen-bond donors (Lipinski definition) is 1. The van der Waals surface area contributed by atoms with E-state index in [1.165, 1.54) is 0 Å². The summed E-state index contributed by atoms with van der Waals surface area (Å²) in [5.74, 6) is 1.31. The second kappa shape index (κ2) is 7.27. The van der Waals surface area contributed by atoms with Crippen LogP contribution in [-0.2, 0) is 4.79 Å². The van der Waals surface area contributed by atoms with Crippen LogP contribution in [0.15, 0.2) is 66.7 Å². The quantitative estimate of drug-likeness (QED) is 0.689. The maximum Gasteiger partial charge on any atom is 0.349 e. The molecule has 5 nitrogen and oxygen atoms in total. The van der Waals surface area contributed by atoms with E-state index in [1.807, 2.05) is 32.0 Å². The van der Waals surface area contributed by atoms with E-state index in [4.69, 9.17) is 14.2 Å². The molecule has 1 aliphatic heterocycles. The molecule has 1 heterocycles. The molecule has 3 aromatic carbocycles. The molecule has 2 unspecified atom stereocenters. The molecule has 2 atom stereocenters. The predicted octanol–water partition coefficient (Wildman–Crippen LogP) is 5.06. The monoisotopic (exact) mass is 376 g/mol. The number of ether oxygens (including phenoxy) is 3. The van der Waals surface area contributed by atoms with Gasteiger partial charge in [0.25, 0.3) is 0 Å². The van der Waals surface area contributed by atoms with Gasteiger partial charge in [-0.1, -0.05) is 30.3 Å². The zero-order valence-corrected chi connectivity index (χ0v) is 15.6. The number of carbonyl (C=O) groups is 1. The van der Waals surface area contributed by atoms with Crippen LogP contribution in [0.25, 0.3) is 0 Å². The van der Waals surface area contributed by atoms with Crippen LogP contribution >= 0.6 is 0 Å². The van der Waals surface area contributed by atoms with Gasteiger partial charge in [0.15, 0.2) is 17.6 Å². The smallest absolute Gasteiger partial charge is 0.349 e. The molecule has 142 valence electrons. The zero-order chi connectivity index (χ0) is 19.7. The summed E-state index contributed by atoms with van der Waals surface area (Å²) in [6, 6.07) is 20.3. The van der Waals surface area contributed by atoms with Gasteiger partial charge < -0.3 is 19.3 Å². The van der Waals surface area contributed by atoms with Crippen molar-refractivity contribution in [3.05, 3.63) is 83.4 Å². The normalized spacial score (nSPS) is 17.8. The van der Waals surface area contributed by atoms with Crippen LogP contribution in [0.5, 0.6) is 23.0 Å². The number of rotatable bonds is 4. The van der Waals surface area contributed by atoms with Gasteiger partial charge in [0.2, 0.25) is 6.10 Å². The fraction of sp³-hybridized carbons (Fsp3) is 0.174. The number of hydrogen-bond acceptors (Lipinski definition) is 4. The average molecular weight is 376 g/mol. The lowest BCUT2D eigenvalue weighted by molar-refractivity contribution is -0.151. The Hall–Kier alpha value is -3.47. The number of aryl methyl sites for hydroxylation is 2. The van der Waals surface area contributed by atoms with Crippen molar-refractivity contribution in [3.63, 3.8) is 0 Å². The second-order valence-corrected chi connectivity index (χ2v) is 6.86. The zero-order valence-electron chi connectivity index (χ0n) is 15.6. The summed E-state index contributed by atoms with van der Waals surface area (Å²) in [5, 5.41) is 9.57. The fourth-order valence-electron chi connectivity index (χ4n) is 3.32. The number of benzene rings is 3. The Balaban J connectivity index is 1.58. The molecular weight excluding hydrogens is 356 g/mol. The van der Waals surface area contributed by atoms with E-state index < -0.39 is 18.2 Å². The molecule has 28 heavy (non-hydrogen) atoms. The van der Waals surface area contributed by atoms with Gasteiger partial charge in [0.1, 0.15) is 11.5 Å². The number of aliphatic carboxylic acids is 1. The number of fused-ring (bicyclic) bond motifs is 1. The van der Waals surface area contributed by atoms with E-state index in [2.05, 4.69) is 6.07 Å². The van der Waals surface area contributed by atoms with Crippen LogP contribution in [0.3, 0.4) is 0 Å². The molecule has 1 N–H and O–H groups in total. The van der Waals surface area contributed by atoms with Crippen LogP contribution in [0, 0.1) is 13.8 Å². The highest BCUT2D eigenvalue weighted by molar-refractivity contribution is 5.75. The van der Waals surface area contributed by atoms with Crippen LogP contribution in [0.2, 0.25) is 0 Å². The molecule has 3 aromatic rings. The maximum absolute atomic E-state index is 11.7. The van der Waals surface area contributed by atoms with Gasteiger partial charge in [0.05, 0.1) is 0 Å². The van der Waals surface area contributed by atoms with Crippen molar-refractivity contribution >= 4 is 5.97 Å². The topological polar surface area (TPSA) is 65.0 Å². The Labute approximate surface area is 163 Å². The summed E-state index contributed by atoms with van der Waals surface area (Å²) in [5.41, 5.74) is 2.96. The summed E-state index contributed by atoms with van der Waals surface area (Å²) in [4.78, 5) is 11.7. The molecule has 0 aliphatic carbocycles. The lowest BCUT2D eigenvalue weighted by Crippen LogP contribution is -2.39. The Morgan fingerprint density at radius 1 is 0.857 bits per heavy atom. The highest BCUT2D eigenvalue weighted by atomic mass is 16.6. The Morgan fingerprint density at radius 2 is 1.46 bits per heavy atom. The number of carboxylic acids is 1. The van der Waals surface area contributed by atoms with Gasteiger partial charge in [-0.2, -0.15) is 0 Å². The number of carboxylic acid groups (broad SMARTS) is 1. The van der Waals surface area contributed by atoms with Crippen molar-refractivity contribution < 1.29 is 24.1 Å². The van der Waals surface area contributed by atoms with Gasteiger partial charge in [-0.3, -0.25) is 0 Å². The molecule has 4 rings (SSSR count). The minimum absolute atomic E-state index is 0.431. The SMILES string of the molecule is Cc1cc(C)cc(Oc2ccc(C3Oc4ccccc4OC3C(=O)O)cc2)c1. The Kier molecular flexibility index (Phi) is 4.65. The van der Waals surface area contributed by atoms with E-state index in [0.29, 0.717) is 22.8 Å². The van der Waals surface area contributed by atoms with Crippen molar-refractivity contribution in [2.75, 3.05) is 0 Å². The minimum Gasteiger partial charge on any atom is -0.478 e. The first-order valence-corrected chi connectivity index (χ1v) is 9.01. The summed E-state index contributed by atoms with van der Waals surface area (Å²) in [6.07, 6.45) is -1.87. The molecular formula is C23H20O5. The number of para-hydroxylation sites is 2. The first-order chi connectivity index (χ1) is 13.5. The third-order valence-corrected chi connectivity index (χ3v) is 4.51. The van der Waals surface area contributed by atoms with Gasteiger partial charge in [0, 0.05) is 0 Å². The second-order valence-electron chi connectivity index (χ2n) is 6.86. The molecule has 0 fully saturated rings. The average Bonchev–Trinajstić information content (AvgIpc) is 2.67. The van der Waals surface area contributed by atoms with Crippen LogP contribution in [0.4, 0.5) is 0 Å². The molecule has 0 bridgehead atoms. The van der Waals surface area contributed by atoms with Crippen LogP contribution < -0.4 is 14.2 Å². The molecule has 1 aliphatic rings. The molecule has 0 saturated heterocycles. The summed E-state index contributed by atoms with van der Waals surface area (Å²) < 4.78 is 17.5. The molecule has 0 radical (unpaired) electrons. The van der Waals surface area contributed by atoms with E-state index in [-0.39, 0.29) is 0 Å². The third kappa shape index (κ3) is 3.64. The van der Waals surface area contributed by atoms with Gasteiger partial charge in [-0.25, -0.2) is 4.79 Å². The van der Waals surface area contributed by atoms with E-state index in [0.717, 1.165) is 16.9 Å². The van der Waals surface area contributed by atoms with Crippen LogP contribution in [-0.4, -0.2) is 17.2 Å². The largest absolute Gasteiger partial charge is 0.478 e. The standard InChI is InChI=1S/C23H20O5/c1-14-11-15(2)13-18(12-14)26-17-9-7-16(8-10-17)21-22(23(24)25)28-20-6-4-3-5-19(20)27-21/h3-13,21-22H,1-2H3,(H,24,25). The van der Waals surface area contributed by atoms with Gasteiger partial charge >= 0.3 is 5.97 Å². The van der Waals surface area contributed by atoms with Gasteiger partial charge in [-0.05, 0) is 66.9 Å². The van der Waals surface area contributed by atoms with Crippen molar-refractivity contribution in [1.29, 1.82) is 0 Å². The van der Waals surface area contributed by atoms with Crippen LogP contribution in [0.1, 0.15) is 22.8 Å². The van der Waals surface area contributed by atoms with Crippen molar-refractivity contribution in [2.24, 2.45) is 0 Å². The van der Waals surface area contributed by atoms with E-state index in [9.17, 15) is 9.90 Å². The molecule has 0 spiro atoms. The summed E-state index contributed by atoms with van der Waals surface area (Å²) in [7, 11) is 0. The van der Waals surface area contributed by atoms with Gasteiger partial charge in [-0.15, -0.1) is 0 Å². The predicted molar refractivity (Wildman–Crippen MR) is 104 cm³/mol. The molecule has 0 aromatic heterocycles. The highest BCUT2D eigenvalue weighted by Gasteiger charge is 2.38. The Bertz CT molecular complexity index is 990. The minimum atomic E-state index is -1.12. The van der Waals surface area contributed by atoms with E-state index in [1.54, 1.807) is 42.5 Å². The first kappa shape index (κ1) is 17.9. The molecule has 0 amide bonds. The maximum atomic E-state index is 11.7. The fourth-order valence-corrected chi connectivity index (χ4v) is 3.32. The lowest BCUT2D eigenvalue weighted by Gasteiger charge is -2.31.